The minimum Gasteiger partial charge on any atom is -0.292 e. The van der Waals surface area contributed by atoms with Crippen molar-refractivity contribution in [3.05, 3.63) is 122 Å². The van der Waals surface area contributed by atoms with Crippen LogP contribution in [0.25, 0.3) is 70.3 Å². The number of pyridine rings is 3. The van der Waals surface area contributed by atoms with Crippen LogP contribution in [0.3, 0.4) is 0 Å². The van der Waals surface area contributed by atoms with E-state index >= 15 is 0 Å². The number of fused-ring (bicyclic) bond motifs is 7. The van der Waals surface area contributed by atoms with Crippen LogP contribution in [0.15, 0.2) is 122 Å². The molecule has 0 saturated carbocycles. The maximum absolute atomic E-state index is 5.27. The van der Waals surface area contributed by atoms with Crippen LogP contribution in [0.4, 0.5) is 0 Å². The fourth-order valence-corrected chi connectivity index (χ4v) is 6.66. The monoisotopic (exact) mass is 504 g/mol. The first-order chi connectivity index (χ1) is 18.8. The largest absolute Gasteiger partial charge is 0.292 e. The van der Waals surface area contributed by atoms with Gasteiger partial charge in [0, 0.05) is 55.3 Å². The van der Waals surface area contributed by atoms with Gasteiger partial charge in [-0.1, -0.05) is 60.7 Å². The first-order valence-corrected chi connectivity index (χ1v) is 13.3. The van der Waals surface area contributed by atoms with Crippen LogP contribution in [0.1, 0.15) is 0 Å². The van der Waals surface area contributed by atoms with Gasteiger partial charge in [0.05, 0.1) is 22.2 Å². The smallest absolute Gasteiger partial charge is 0.138 e. The summed E-state index contributed by atoms with van der Waals surface area (Å²) in [6.45, 7) is 0. The van der Waals surface area contributed by atoms with Gasteiger partial charge >= 0.3 is 0 Å². The van der Waals surface area contributed by atoms with E-state index in [1.807, 2.05) is 41.9 Å². The average Bonchev–Trinajstić information content (AvgIpc) is 3.53. The Hall–Kier alpha value is -4.87. The van der Waals surface area contributed by atoms with Crippen LogP contribution in [-0.2, 0) is 0 Å². The fourth-order valence-electron chi connectivity index (χ4n) is 5.41. The number of thiophene rings is 1. The molecule has 0 aliphatic carbocycles. The average molecular weight is 505 g/mol. The first-order valence-electron chi connectivity index (χ1n) is 12.5. The minimum absolute atomic E-state index is 0.862. The number of benzene rings is 3. The van der Waals surface area contributed by atoms with Crippen LogP contribution in [0, 0.1) is 0 Å². The van der Waals surface area contributed by atoms with Gasteiger partial charge in [-0.05, 0) is 48.0 Å². The van der Waals surface area contributed by atoms with Crippen molar-refractivity contribution in [3.8, 4) is 28.2 Å². The van der Waals surface area contributed by atoms with E-state index in [0.717, 1.165) is 44.8 Å². The van der Waals surface area contributed by atoms with E-state index in [-0.39, 0.29) is 0 Å². The third-order valence-corrected chi connectivity index (χ3v) is 8.36. The Morgan fingerprint density at radius 1 is 0.632 bits per heavy atom. The Morgan fingerprint density at radius 3 is 2.37 bits per heavy atom. The van der Waals surface area contributed by atoms with E-state index in [1.54, 1.807) is 6.20 Å². The van der Waals surface area contributed by atoms with E-state index in [1.165, 1.54) is 25.6 Å². The maximum atomic E-state index is 5.27. The second kappa shape index (κ2) is 8.33. The van der Waals surface area contributed by atoms with Gasteiger partial charge in [0.2, 0.25) is 0 Å². The molecule has 5 aromatic heterocycles. The lowest BCUT2D eigenvalue weighted by Gasteiger charge is -2.09. The molecule has 0 spiro atoms. The predicted molar refractivity (Wildman–Crippen MR) is 158 cm³/mol. The molecule has 0 aliphatic rings. The lowest BCUT2D eigenvalue weighted by Crippen LogP contribution is -1.98. The molecule has 0 bridgehead atoms. The Kier molecular flexibility index (Phi) is 4.66. The highest BCUT2D eigenvalue weighted by Crippen LogP contribution is 2.43. The highest BCUT2D eigenvalue weighted by Gasteiger charge is 2.20. The first kappa shape index (κ1) is 21.2. The lowest BCUT2D eigenvalue weighted by molar-refractivity contribution is 1.08. The zero-order valence-corrected chi connectivity index (χ0v) is 21.1. The molecule has 5 heterocycles. The lowest BCUT2D eigenvalue weighted by atomic mass is 10.1. The van der Waals surface area contributed by atoms with Gasteiger partial charge in [0.15, 0.2) is 0 Å². The van der Waals surface area contributed by atoms with Crippen molar-refractivity contribution in [2.45, 2.75) is 0 Å². The van der Waals surface area contributed by atoms with Crippen molar-refractivity contribution in [2.24, 2.45) is 0 Å². The zero-order chi connectivity index (χ0) is 25.1. The Balaban J connectivity index is 1.48. The summed E-state index contributed by atoms with van der Waals surface area (Å²) in [4.78, 5) is 14.4. The van der Waals surface area contributed by atoms with Crippen LogP contribution < -0.4 is 0 Å². The highest BCUT2D eigenvalue weighted by molar-refractivity contribution is 7.26. The summed E-state index contributed by atoms with van der Waals surface area (Å²) in [5, 5.41) is 3.72. The second-order valence-corrected chi connectivity index (χ2v) is 10.4. The van der Waals surface area contributed by atoms with E-state index in [4.69, 9.17) is 9.97 Å². The fraction of sp³-hybridized carbons (Fsp3) is 0. The summed E-state index contributed by atoms with van der Waals surface area (Å²) >= 11 is 1.83. The molecule has 178 valence electrons. The predicted octanol–water partition coefficient (Wildman–Crippen LogP) is 8.67. The normalized spacial score (nSPS) is 11.7. The molecule has 8 rings (SSSR count). The summed E-state index contributed by atoms with van der Waals surface area (Å²) in [7, 11) is 0. The molecular formula is C33H20N4S. The molecule has 4 nitrogen and oxygen atoms in total. The Morgan fingerprint density at radius 2 is 1.47 bits per heavy atom. The number of hydrogen-bond donors (Lipinski definition) is 0. The molecule has 3 aromatic carbocycles. The second-order valence-electron chi connectivity index (χ2n) is 9.34. The summed E-state index contributed by atoms with van der Waals surface area (Å²) in [6, 6.07) is 36.0. The molecule has 0 unspecified atom stereocenters. The van der Waals surface area contributed by atoms with Crippen LogP contribution in [0.2, 0.25) is 0 Å². The molecule has 38 heavy (non-hydrogen) atoms. The number of aromatic nitrogens is 4. The van der Waals surface area contributed by atoms with E-state index in [9.17, 15) is 0 Å². The van der Waals surface area contributed by atoms with Crippen LogP contribution in [-0.4, -0.2) is 19.5 Å². The Bertz CT molecular complexity index is 2130. The molecule has 0 atom stereocenters. The third kappa shape index (κ3) is 3.19. The van der Waals surface area contributed by atoms with Gasteiger partial charge in [0.25, 0.3) is 0 Å². The SMILES string of the molecule is c1ccc(-c2ccc3c(n2)c2c4sc5ccccc5c4ccc2n3-c2cc(-c3cccnc3)ccn2)cc1. The third-order valence-electron chi connectivity index (χ3n) is 7.16. The highest BCUT2D eigenvalue weighted by atomic mass is 32.1. The van der Waals surface area contributed by atoms with Crippen molar-refractivity contribution in [3.63, 3.8) is 0 Å². The maximum Gasteiger partial charge on any atom is 0.138 e. The molecule has 0 aliphatic heterocycles. The van der Waals surface area contributed by atoms with Gasteiger partial charge in [-0.2, -0.15) is 0 Å². The van der Waals surface area contributed by atoms with E-state index in [0.29, 0.717) is 0 Å². The minimum atomic E-state index is 0.862. The van der Waals surface area contributed by atoms with E-state index < -0.39 is 0 Å². The van der Waals surface area contributed by atoms with Crippen LogP contribution in [0.5, 0.6) is 0 Å². The number of rotatable bonds is 3. The van der Waals surface area contributed by atoms with Crippen molar-refractivity contribution in [2.75, 3.05) is 0 Å². The van der Waals surface area contributed by atoms with Crippen LogP contribution >= 0.6 is 11.3 Å². The molecule has 0 amide bonds. The van der Waals surface area contributed by atoms with Gasteiger partial charge in [0.1, 0.15) is 5.82 Å². The molecule has 0 saturated heterocycles. The van der Waals surface area contributed by atoms with Gasteiger partial charge in [-0.25, -0.2) is 9.97 Å². The molecule has 5 heteroatoms. The van der Waals surface area contributed by atoms with Crippen molar-refractivity contribution in [1.82, 2.24) is 19.5 Å². The number of hydrogen-bond acceptors (Lipinski definition) is 4. The molecule has 0 radical (unpaired) electrons. The Labute approximate surface area is 222 Å². The summed E-state index contributed by atoms with van der Waals surface area (Å²) in [6.07, 6.45) is 5.56. The molecule has 0 N–H and O–H groups in total. The topological polar surface area (TPSA) is 43.6 Å². The summed E-state index contributed by atoms with van der Waals surface area (Å²) < 4.78 is 4.79. The van der Waals surface area contributed by atoms with Gasteiger partial charge < -0.3 is 0 Å². The van der Waals surface area contributed by atoms with Crippen molar-refractivity contribution < 1.29 is 0 Å². The van der Waals surface area contributed by atoms with Gasteiger partial charge in [-0.3, -0.25) is 9.55 Å². The van der Waals surface area contributed by atoms with Gasteiger partial charge in [-0.15, -0.1) is 11.3 Å². The van der Waals surface area contributed by atoms with E-state index in [2.05, 4.69) is 94.5 Å². The van der Waals surface area contributed by atoms with Crippen molar-refractivity contribution >= 4 is 53.4 Å². The molecular weight excluding hydrogens is 484 g/mol. The number of nitrogens with zero attached hydrogens (tertiary/aromatic N) is 4. The van der Waals surface area contributed by atoms with Crippen molar-refractivity contribution in [1.29, 1.82) is 0 Å². The molecule has 8 aromatic rings. The zero-order valence-electron chi connectivity index (χ0n) is 20.2. The quantitative estimate of drug-likeness (QED) is 0.242. The summed E-state index contributed by atoms with van der Waals surface area (Å²) in [5.41, 5.74) is 7.35. The summed E-state index contributed by atoms with van der Waals surface area (Å²) in [5.74, 6) is 0.862. The molecule has 0 fully saturated rings. The standard InChI is InChI=1S/C33H20N4S/c1-2-7-21(8-3-1)26-13-15-28-32(36-26)31-27(14-12-25-24-10-4-5-11-29(24)38-33(25)31)37(28)30-19-22(16-18-35-30)23-9-6-17-34-20-23/h1-20H.